The maximum Gasteiger partial charge on any atom is 0.166 e. The van der Waals surface area contributed by atoms with E-state index < -0.39 is 0 Å². The molecule has 0 atom stereocenters. The van der Waals surface area contributed by atoms with Gasteiger partial charge in [0.05, 0.1) is 0 Å². The SMILES string of the molecule is CN(Cc1ccncc1)C(N)=S. The van der Waals surface area contributed by atoms with Crippen molar-refractivity contribution < 1.29 is 0 Å². The lowest BCUT2D eigenvalue weighted by molar-refractivity contribution is 0.504. The Kier molecular flexibility index (Phi) is 2.99. The molecule has 1 heterocycles. The van der Waals surface area contributed by atoms with E-state index in [1.165, 1.54) is 0 Å². The molecule has 1 rings (SSSR count). The third-order valence-corrected chi connectivity index (χ3v) is 1.86. The second kappa shape index (κ2) is 4.01. The molecule has 0 fully saturated rings. The Morgan fingerprint density at radius 2 is 2.17 bits per heavy atom. The highest BCUT2D eigenvalue weighted by molar-refractivity contribution is 7.80. The lowest BCUT2D eigenvalue weighted by Crippen LogP contribution is -2.31. The van der Waals surface area contributed by atoms with E-state index in [-0.39, 0.29) is 0 Å². The van der Waals surface area contributed by atoms with Crippen molar-refractivity contribution in [2.75, 3.05) is 7.05 Å². The molecule has 0 aliphatic rings. The molecule has 3 nitrogen and oxygen atoms in total. The molecule has 4 heteroatoms. The van der Waals surface area contributed by atoms with Crippen molar-refractivity contribution in [3.8, 4) is 0 Å². The Hall–Kier alpha value is -1.16. The van der Waals surface area contributed by atoms with Crippen LogP contribution in [0.5, 0.6) is 0 Å². The topological polar surface area (TPSA) is 42.2 Å². The second-order valence-electron chi connectivity index (χ2n) is 2.55. The number of pyridine rings is 1. The predicted molar refractivity (Wildman–Crippen MR) is 52.5 cm³/mol. The molecule has 0 aliphatic carbocycles. The van der Waals surface area contributed by atoms with E-state index in [0.717, 1.165) is 12.1 Å². The molecule has 0 aliphatic heterocycles. The summed E-state index contributed by atoms with van der Waals surface area (Å²) < 4.78 is 0. The third kappa shape index (κ3) is 2.47. The molecule has 1 aromatic heterocycles. The summed E-state index contributed by atoms with van der Waals surface area (Å²) in [5.74, 6) is 0. The fraction of sp³-hybridized carbons (Fsp3) is 0.250. The summed E-state index contributed by atoms with van der Waals surface area (Å²) in [6, 6.07) is 3.88. The van der Waals surface area contributed by atoms with E-state index in [1.54, 1.807) is 12.4 Å². The van der Waals surface area contributed by atoms with Crippen LogP contribution >= 0.6 is 12.2 Å². The van der Waals surface area contributed by atoms with Crippen LogP contribution in [0.25, 0.3) is 0 Å². The fourth-order valence-electron chi connectivity index (χ4n) is 0.840. The van der Waals surface area contributed by atoms with Gasteiger partial charge in [-0.25, -0.2) is 0 Å². The summed E-state index contributed by atoms with van der Waals surface area (Å²) in [5, 5.41) is 0.409. The van der Waals surface area contributed by atoms with Gasteiger partial charge in [0, 0.05) is 26.0 Å². The Balaban J connectivity index is 2.58. The highest BCUT2D eigenvalue weighted by Crippen LogP contribution is 1.99. The van der Waals surface area contributed by atoms with Crippen molar-refractivity contribution in [1.29, 1.82) is 0 Å². The largest absolute Gasteiger partial charge is 0.376 e. The number of hydrogen-bond donors (Lipinski definition) is 1. The third-order valence-electron chi connectivity index (χ3n) is 1.55. The van der Waals surface area contributed by atoms with Crippen LogP contribution in [0.2, 0.25) is 0 Å². The first-order valence-electron chi connectivity index (χ1n) is 3.59. The normalized spacial score (nSPS) is 9.42. The zero-order chi connectivity index (χ0) is 8.97. The first kappa shape index (κ1) is 8.93. The first-order valence-corrected chi connectivity index (χ1v) is 4.00. The van der Waals surface area contributed by atoms with Crippen LogP contribution in [0.1, 0.15) is 5.56 Å². The lowest BCUT2D eigenvalue weighted by atomic mass is 10.2. The molecular weight excluding hydrogens is 170 g/mol. The van der Waals surface area contributed by atoms with Crippen molar-refractivity contribution in [3.63, 3.8) is 0 Å². The van der Waals surface area contributed by atoms with Crippen LogP contribution in [0, 0.1) is 0 Å². The van der Waals surface area contributed by atoms with Crippen LogP contribution in [-0.4, -0.2) is 22.0 Å². The summed E-state index contributed by atoms with van der Waals surface area (Å²) in [5.41, 5.74) is 6.58. The lowest BCUT2D eigenvalue weighted by Gasteiger charge is -2.16. The van der Waals surface area contributed by atoms with Gasteiger partial charge in [0.1, 0.15) is 0 Å². The Labute approximate surface area is 77.2 Å². The smallest absolute Gasteiger partial charge is 0.166 e. The van der Waals surface area contributed by atoms with Gasteiger partial charge in [-0.3, -0.25) is 4.98 Å². The van der Waals surface area contributed by atoms with Crippen LogP contribution in [-0.2, 0) is 6.54 Å². The molecule has 0 unspecified atom stereocenters. The van der Waals surface area contributed by atoms with E-state index in [0.29, 0.717) is 5.11 Å². The Bertz CT molecular complexity index is 260. The summed E-state index contributed by atoms with van der Waals surface area (Å²) in [6.07, 6.45) is 3.51. The van der Waals surface area contributed by atoms with Gasteiger partial charge in [-0.1, -0.05) is 0 Å². The molecule has 64 valence electrons. The van der Waals surface area contributed by atoms with Crippen LogP contribution < -0.4 is 5.73 Å². The maximum absolute atomic E-state index is 5.43. The average Bonchev–Trinajstić information content (AvgIpc) is 2.06. The molecule has 0 bridgehead atoms. The minimum absolute atomic E-state index is 0.409. The number of nitrogens with two attached hydrogens (primary N) is 1. The first-order chi connectivity index (χ1) is 5.70. The van der Waals surface area contributed by atoms with Crippen molar-refractivity contribution in [2.45, 2.75) is 6.54 Å². The van der Waals surface area contributed by atoms with Crippen molar-refractivity contribution in [1.82, 2.24) is 9.88 Å². The number of thiocarbonyl (C=S) groups is 1. The van der Waals surface area contributed by atoms with E-state index in [9.17, 15) is 0 Å². The van der Waals surface area contributed by atoms with Gasteiger partial charge < -0.3 is 10.6 Å². The van der Waals surface area contributed by atoms with Gasteiger partial charge in [-0.2, -0.15) is 0 Å². The van der Waals surface area contributed by atoms with Crippen LogP contribution in [0.4, 0.5) is 0 Å². The van der Waals surface area contributed by atoms with Gasteiger partial charge in [0.2, 0.25) is 0 Å². The van der Waals surface area contributed by atoms with Crippen LogP contribution in [0.15, 0.2) is 24.5 Å². The standard InChI is InChI=1S/C8H11N3S/c1-11(8(9)12)6-7-2-4-10-5-3-7/h2-5H,6H2,1H3,(H2,9,12). The number of aromatic nitrogens is 1. The van der Waals surface area contributed by atoms with Gasteiger partial charge in [0.15, 0.2) is 5.11 Å². The van der Waals surface area contributed by atoms with Crippen molar-refractivity contribution in [3.05, 3.63) is 30.1 Å². The van der Waals surface area contributed by atoms with Gasteiger partial charge >= 0.3 is 0 Å². The zero-order valence-corrected chi connectivity index (χ0v) is 7.71. The summed E-state index contributed by atoms with van der Waals surface area (Å²) in [7, 11) is 1.86. The van der Waals surface area contributed by atoms with Crippen LogP contribution in [0.3, 0.4) is 0 Å². The second-order valence-corrected chi connectivity index (χ2v) is 2.97. The monoisotopic (exact) mass is 181 g/mol. The van der Waals surface area contributed by atoms with E-state index in [1.807, 2.05) is 24.1 Å². The van der Waals surface area contributed by atoms with E-state index in [2.05, 4.69) is 4.98 Å². The highest BCUT2D eigenvalue weighted by atomic mass is 32.1. The molecule has 0 saturated carbocycles. The van der Waals surface area contributed by atoms with E-state index >= 15 is 0 Å². The summed E-state index contributed by atoms with van der Waals surface area (Å²) >= 11 is 4.81. The molecule has 0 aromatic carbocycles. The van der Waals surface area contributed by atoms with Gasteiger partial charge in [-0.05, 0) is 29.9 Å². The number of hydrogen-bond acceptors (Lipinski definition) is 2. The summed E-state index contributed by atoms with van der Waals surface area (Å²) in [4.78, 5) is 5.73. The molecule has 1 aromatic rings. The van der Waals surface area contributed by atoms with E-state index in [4.69, 9.17) is 18.0 Å². The molecule has 12 heavy (non-hydrogen) atoms. The average molecular weight is 181 g/mol. The molecule has 0 amide bonds. The molecule has 0 radical (unpaired) electrons. The summed E-state index contributed by atoms with van der Waals surface area (Å²) in [6.45, 7) is 0.734. The predicted octanol–water partition coefficient (Wildman–Crippen LogP) is 0.757. The van der Waals surface area contributed by atoms with Crippen molar-refractivity contribution >= 4 is 17.3 Å². The zero-order valence-electron chi connectivity index (χ0n) is 6.90. The minimum Gasteiger partial charge on any atom is -0.376 e. The Morgan fingerprint density at radius 3 is 2.67 bits per heavy atom. The molecule has 2 N–H and O–H groups in total. The van der Waals surface area contributed by atoms with Crippen molar-refractivity contribution in [2.24, 2.45) is 5.73 Å². The molecule has 0 spiro atoms. The fourth-order valence-corrected chi connectivity index (χ4v) is 0.905. The molecule has 0 saturated heterocycles. The Morgan fingerprint density at radius 1 is 1.58 bits per heavy atom. The number of rotatable bonds is 2. The number of nitrogens with zero attached hydrogens (tertiary/aromatic N) is 2. The van der Waals surface area contributed by atoms with Gasteiger partial charge in [0.25, 0.3) is 0 Å². The molecular formula is C8H11N3S. The maximum atomic E-state index is 5.43. The minimum atomic E-state index is 0.409. The quantitative estimate of drug-likeness (QED) is 0.684. The van der Waals surface area contributed by atoms with Gasteiger partial charge in [-0.15, -0.1) is 0 Å². The highest BCUT2D eigenvalue weighted by Gasteiger charge is 1.99.